The molecule has 10 heteroatoms. The molecule has 0 aliphatic rings. The fraction of sp³-hybridized carbons (Fsp3) is 0.692. The minimum atomic E-state index is -4.72. The zero-order chi connectivity index (χ0) is 55.0. The van der Waals surface area contributed by atoms with E-state index in [-0.39, 0.29) is 31.3 Å². The highest BCUT2D eigenvalue weighted by atomic mass is 31.2. The molecule has 0 heterocycles. The van der Waals surface area contributed by atoms with Crippen LogP contribution in [0.5, 0.6) is 0 Å². The van der Waals surface area contributed by atoms with Crippen molar-refractivity contribution in [1.82, 2.24) is 5.32 Å². The van der Waals surface area contributed by atoms with Gasteiger partial charge in [0, 0.05) is 12.8 Å². The Morgan fingerprint density at radius 3 is 1.32 bits per heavy atom. The molecule has 0 aromatic rings. The number of unbranched alkanes of at least 4 members (excludes halogenated alkanes) is 21. The summed E-state index contributed by atoms with van der Waals surface area (Å²) in [5.74, 6) is -0.606. The zero-order valence-corrected chi connectivity index (χ0v) is 49.9. The molecule has 75 heavy (non-hydrogen) atoms. The molecule has 0 aromatic carbocycles. The maximum absolute atomic E-state index is 13.5. The first-order valence-corrected chi connectivity index (χ1v) is 31.7. The normalized spacial score (nSPS) is 14.5. The van der Waals surface area contributed by atoms with E-state index in [0.717, 1.165) is 116 Å². The summed E-state index contributed by atoms with van der Waals surface area (Å²) in [5.41, 5.74) is 0. The molecule has 0 fully saturated rings. The van der Waals surface area contributed by atoms with Gasteiger partial charge in [-0.15, -0.1) is 0 Å². The summed E-state index contributed by atoms with van der Waals surface area (Å²) in [6, 6.07) is -0.920. The molecule has 0 radical (unpaired) electrons. The lowest BCUT2D eigenvalue weighted by Crippen LogP contribution is -2.47. The summed E-state index contributed by atoms with van der Waals surface area (Å²) in [5, 5.41) is 3.00. The Balaban J connectivity index is 5.38. The number of nitrogens with zero attached hydrogens (tertiary/aromatic N) is 1. The third-order valence-electron chi connectivity index (χ3n) is 12.7. The van der Waals surface area contributed by atoms with Gasteiger partial charge >= 0.3 is 5.97 Å². The number of nitrogens with one attached hydrogen (secondary N) is 1. The summed E-state index contributed by atoms with van der Waals surface area (Å²) in [6.07, 6.45) is 73.4. The quantitative estimate of drug-likeness (QED) is 0.0212. The van der Waals surface area contributed by atoms with Gasteiger partial charge in [-0.25, -0.2) is 0 Å². The van der Waals surface area contributed by atoms with Crippen LogP contribution >= 0.6 is 7.82 Å². The van der Waals surface area contributed by atoms with Crippen LogP contribution in [0.4, 0.5) is 0 Å². The van der Waals surface area contributed by atoms with E-state index < -0.39 is 26.6 Å². The Morgan fingerprint density at radius 1 is 0.480 bits per heavy atom. The van der Waals surface area contributed by atoms with Crippen molar-refractivity contribution in [3.8, 4) is 0 Å². The second-order valence-electron chi connectivity index (χ2n) is 21.1. The van der Waals surface area contributed by atoms with Gasteiger partial charge in [-0.05, 0) is 115 Å². The molecule has 3 unspecified atom stereocenters. The average Bonchev–Trinajstić information content (AvgIpc) is 3.37. The largest absolute Gasteiger partial charge is 0.756 e. The lowest BCUT2D eigenvalue weighted by atomic mass is 10.1. The smallest absolute Gasteiger partial charge is 0.306 e. The summed E-state index contributed by atoms with van der Waals surface area (Å²) in [7, 11) is 1.14. The van der Waals surface area contributed by atoms with Gasteiger partial charge < -0.3 is 28.5 Å². The van der Waals surface area contributed by atoms with Gasteiger partial charge in [-0.1, -0.05) is 220 Å². The maximum Gasteiger partial charge on any atom is 0.306 e. The van der Waals surface area contributed by atoms with E-state index in [9.17, 15) is 19.0 Å². The minimum Gasteiger partial charge on any atom is -0.756 e. The molecule has 0 saturated heterocycles. The standard InChI is InChI=1S/C65H113N2O7P/c1-7-10-13-16-19-22-25-28-30-32-33-34-35-36-38-40-43-46-49-52-55-58-65(69)74-63(56-53-50-47-44-41-27-24-21-18-15-12-9-3)62(61-73-75(70,71)72-60-59-67(4,5)6)66-64(68)57-54-51-48-45-42-39-37-31-29-26-23-20-17-14-11-8-2/h11,14,19-20,22-23,28-31,33-34,36,38-39,42,53,56,62-63H,7-10,12-13,15-18,21,24-27,32,35,37,40-41,43-52,54-55,57-61H2,1-6H3,(H-,66,68,70,71)/b14-11+,22-19-,23-20+,30-28-,31-29+,34-33-,38-36-,42-39+,56-53+. The van der Waals surface area contributed by atoms with E-state index in [1.807, 2.05) is 33.3 Å². The van der Waals surface area contributed by atoms with Gasteiger partial charge in [-0.3, -0.25) is 14.2 Å². The third kappa shape index (κ3) is 55.2. The predicted molar refractivity (Wildman–Crippen MR) is 320 cm³/mol. The van der Waals surface area contributed by atoms with Crippen molar-refractivity contribution in [3.63, 3.8) is 0 Å². The van der Waals surface area contributed by atoms with Crippen LogP contribution < -0.4 is 10.2 Å². The van der Waals surface area contributed by atoms with Gasteiger partial charge in [0.05, 0.1) is 33.8 Å². The summed E-state index contributed by atoms with van der Waals surface area (Å²) in [4.78, 5) is 39.9. The van der Waals surface area contributed by atoms with E-state index >= 15 is 0 Å². The van der Waals surface area contributed by atoms with Crippen molar-refractivity contribution in [2.45, 2.75) is 251 Å². The number of amides is 1. The lowest BCUT2D eigenvalue weighted by molar-refractivity contribution is -0.870. The number of quaternary nitrogens is 1. The molecular formula is C65H113N2O7P. The Labute approximate surface area is 461 Å². The molecule has 9 nitrogen and oxygen atoms in total. The van der Waals surface area contributed by atoms with Crippen LogP contribution in [0.1, 0.15) is 239 Å². The molecule has 0 bridgehead atoms. The number of phosphoric acid groups is 1. The second-order valence-corrected chi connectivity index (χ2v) is 22.5. The number of allylic oxidation sites excluding steroid dienone is 17. The van der Waals surface area contributed by atoms with E-state index in [0.29, 0.717) is 23.9 Å². The van der Waals surface area contributed by atoms with Crippen molar-refractivity contribution >= 4 is 19.7 Å². The van der Waals surface area contributed by atoms with Crippen LogP contribution in [0, 0.1) is 0 Å². The predicted octanol–water partition coefficient (Wildman–Crippen LogP) is 17.9. The Bertz CT molecular complexity index is 1650. The molecule has 0 aliphatic heterocycles. The maximum atomic E-state index is 13.5. The van der Waals surface area contributed by atoms with Crippen molar-refractivity contribution in [2.24, 2.45) is 0 Å². The number of phosphoric ester groups is 1. The lowest BCUT2D eigenvalue weighted by Gasteiger charge is -2.30. The first kappa shape index (κ1) is 71.7. The van der Waals surface area contributed by atoms with Crippen LogP contribution in [0.3, 0.4) is 0 Å². The van der Waals surface area contributed by atoms with Crippen LogP contribution in [-0.2, 0) is 27.9 Å². The van der Waals surface area contributed by atoms with Crippen molar-refractivity contribution in [3.05, 3.63) is 109 Å². The molecule has 0 saturated carbocycles. The molecule has 0 spiro atoms. The monoisotopic (exact) mass is 1060 g/mol. The van der Waals surface area contributed by atoms with Gasteiger partial charge in [0.1, 0.15) is 19.3 Å². The van der Waals surface area contributed by atoms with E-state index in [2.05, 4.69) is 123 Å². The summed E-state index contributed by atoms with van der Waals surface area (Å²) < 4.78 is 30.2. The zero-order valence-electron chi connectivity index (χ0n) is 49.0. The summed E-state index contributed by atoms with van der Waals surface area (Å²) in [6.45, 7) is 6.64. The highest BCUT2D eigenvalue weighted by Gasteiger charge is 2.27. The second kappa shape index (κ2) is 54.0. The van der Waals surface area contributed by atoms with Crippen LogP contribution in [0.25, 0.3) is 0 Å². The number of esters is 1. The summed E-state index contributed by atoms with van der Waals surface area (Å²) >= 11 is 0. The molecule has 1 amide bonds. The third-order valence-corrected chi connectivity index (χ3v) is 13.7. The Hall–Kier alpha value is -3.33. The van der Waals surface area contributed by atoms with Gasteiger partial charge in [-0.2, -0.15) is 0 Å². The number of ether oxygens (including phenoxy) is 1. The fourth-order valence-electron chi connectivity index (χ4n) is 8.02. The number of hydrogen-bond acceptors (Lipinski definition) is 7. The number of carbonyl (C=O) groups is 2. The number of likely N-dealkylation sites (N-methyl/N-ethyl adjacent to an activating group) is 1. The molecule has 0 aromatic heterocycles. The van der Waals surface area contributed by atoms with Crippen molar-refractivity contribution in [1.29, 1.82) is 0 Å². The molecule has 430 valence electrons. The first-order chi connectivity index (χ1) is 36.4. The highest BCUT2D eigenvalue weighted by Crippen LogP contribution is 2.38. The number of hydrogen-bond donors (Lipinski definition) is 1. The minimum absolute atomic E-state index is 0.0378. The molecule has 3 atom stereocenters. The van der Waals surface area contributed by atoms with Gasteiger partial charge in [0.25, 0.3) is 7.82 Å². The van der Waals surface area contributed by atoms with E-state index in [1.165, 1.54) is 77.0 Å². The average molecular weight is 1070 g/mol. The molecule has 1 N–H and O–H groups in total. The topological polar surface area (TPSA) is 114 Å². The molecular weight excluding hydrogens is 952 g/mol. The Kier molecular flexibility index (Phi) is 51.6. The van der Waals surface area contributed by atoms with Crippen LogP contribution in [0.15, 0.2) is 109 Å². The SMILES string of the molecule is CC/C=C/C/C=C/C/C=C/C/C=C/CCCCCC(=O)NC(COP(=O)([O-])OCC[N+](C)(C)C)C(/C=C/CCCCCCCCCCCC)OC(=O)CCCCCCC/C=C\C/C=C\C/C=C\C/C=C\CCCCC. The van der Waals surface area contributed by atoms with E-state index in [1.54, 1.807) is 0 Å². The van der Waals surface area contributed by atoms with Crippen molar-refractivity contribution in [2.75, 3.05) is 40.9 Å². The first-order valence-electron chi connectivity index (χ1n) is 30.2. The van der Waals surface area contributed by atoms with Crippen LogP contribution in [0.2, 0.25) is 0 Å². The molecule has 0 rings (SSSR count). The number of carbonyl (C=O) groups excluding carboxylic acids is 2. The van der Waals surface area contributed by atoms with Crippen LogP contribution in [-0.4, -0.2) is 69.4 Å². The molecule has 0 aliphatic carbocycles. The van der Waals surface area contributed by atoms with Crippen molar-refractivity contribution < 1.29 is 37.3 Å². The van der Waals surface area contributed by atoms with Gasteiger partial charge in [0.15, 0.2) is 0 Å². The highest BCUT2D eigenvalue weighted by molar-refractivity contribution is 7.45. The number of rotatable bonds is 53. The van der Waals surface area contributed by atoms with Gasteiger partial charge in [0.2, 0.25) is 5.91 Å². The van der Waals surface area contributed by atoms with E-state index in [4.69, 9.17) is 13.8 Å². The fourth-order valence-corrected chi connectivity index (χ4v) is 8.75. The Morgan fingerprint density at radius 2 is 0.853 bits per heavy atom.